The van der Waals surface area contributed by atoms with Gasteiger partial charge in [-0.25, -0.2) is 0 Å². The van der Waals surface area contributed by atoms with E-state index in [0.717, 1.165) is 33.9 Å². The minimum Gasteiger partial charge on any atom is -0.324 e. The predicted octanol–water partition coefficient (Wildman–Crippen LogP) is 8.56. The summed E-state index contributed by atoms with van der Waals surface area (Å²) in [6.45, 7) is 0. The maximum absolute atomic E-state index is 5.83. The molecule has 0 bridgehead atoms. The molecule has 0 aliphatic heterocycles. The van der Waals surface area contributed by atoms with Crippen molar-refractivity contribution in [2.75, 3.05) is 10.2 Å². The first-order valence-electron chi connectivity index (χ1n) is 11.3. The lowest BCUT2D eigenvalue weighted by Crippen LogP contribution is -2.09. The highest BCUT2D eigenvalue weighted by Crippen LogP contribution is 2.34. The molecule has 7 heteroatoms. The second-order valence-corrected chi connectivity index (χ2v) is 8.55. The third-order valence-corrected chi connectivity index (χ3v) is 5.73. The highest BCUT2D eigenvalue weighted by atomic mass is 35.5. The summed E-state index contributed by atoms with van der Waals surface area (Å²) in [6, 6.07) is 37.1. The highest BCUT2D eigenvalue weighted by Gasteiger charge is 2.11. The van der Waals surface area contributed by atoms with Crippen LogP contribution in [0.3, 0.4) is 0 Å². The van der Waals surface area contributed by atoms with Gasteiger partial charge < -0.3 is 10.2 Å². The molecule has 4 aromatic carbocycles. The Kier molecular flexibility index (Phi) is 7.22. The van der Waals surface area contributed by atoms with E-state index >= 15 is 0 Å². The first-order chi connectivity index (χ1) is 17.6. The van der Waals surface area contributed by atoms with Crippen LogP contribution in [0.5, 0.6) is 0 Å². The molecule has 1 aromatic heterocycles. The van der Waals surface area contributed by atoms with E-state index in [0.29, 0.717) is 5.95 Å². The Labute approximate surface area is 219 Å². The average Bonchev–Trinajstić information content (AvgIpc) is 2.90. The molecule has 0 saturated heterocycles. The summed E-state index contributed by atoms with van der Waals surface area (Å²) in [4.78, 5) is 14.0. The number of anilines is 5. The van der Waals surface area contributed by atoms with E-state index in [4.69, 9.17) is 23.2 Å². The molecule has 176 valence electrons. The van der Waals surface area contributed by atoms with Gasteiger partial charge in [0.2, 0.25) is 16.5 Å². The van der Waals surface area contributed by atoms with Crippen molar-refractivity contribution in [3.63, 3.8) is 0 Å². The summed E-state index contributed by atoms with van der Waals surface area (Å²) in [7, 11) is 0. The van der Waals surface area contributed by atoms with Crippen molar-refractivity contribution >= 4 is 64.1 Å². The van der Waals surface area contributed by atoms with Gasteiger partial charge >= 0.3 is 0 Å². The highest BCUT2D eigenvalue weighted by molar-refractivity contribution is 6.31. The molecule has 0 radical (unpaired) electrons. The van der Waals surface area contributed by atoms with Crippen molar-refractivity contribution in [1.29, 1.82) is 0 Å². The zero-order valence-corrected chi connectivity index (χ0v) is 20.6. The maximum Gasteiger partial charge on any atom is 0.232 e. The largest absolute Gasteiger partial charge is 0.324 e. The quantitative estimate of drug-likeness (QED) is 0.222. The van der Waals surface area contributed by atoms with Crippen LogP contribution in [0.2, 0.25) is 10.6 Å². The fourth-order valence-corrected chi connectivity index (χ4v) is 4.08. The van der Waals surface area contributed by atoms with Gasteiger partial charge in [-0.2, -0.15) is 15.0 Å². The molecule has 0 aliphatic carbocycles. The molecular weight excluding hydrogens is 489 g/mol. The minimum absolute atomic E-state index is 0.0405. The summed E-state index contributed by atoms with van der Waals surface area (Å²) in [5.74, 6) is 0.295. The topological polar surface area (TPSA) is 53.9 Å². The molecule has 1 N–H and O–H groups in total. The molecule has 36 heavy (non-hydrogen) atoms. The molecule has 0 saturated carbocycles. The van der Waals surface area contributed by atoms with Crippen LogP contribution >= 0.6 is 23.2 Å². The smallest absolute Gasteiger partial charge is 0.232 e. The van der Waals surface area contributed by atoms with Gasteiger partial charge in [-0.15, -0.1) is 0 Å². The third-order valence-electron chi connectivity index (χ3n) is 5.40. The van der Waals surface area contributed by atoms with Crippen LogP contribution in [0.4, 0.5) is 28.7 Å². The van der Waals surface area contributed by atoms with E-state index < -0.39 is 0 Å². The number of hydrogen-bond donors (Lipinski definition) is 1. The Balaban J connectivity index is 1.30. The first-order valence-corrected chi connectivity index (χ1v) is 12.0. The van der Waals surface area contributed by atoms with Crippen LogP contribution in [0, 0.1) is 0 Å². The van der Waals surface area contributed by atoms with Crippen LogP contribution in [-0.2, 0) is 0 Å². The van der Waals surface area contributed by atoms with Gasteiger partial charge in [-0.1, -0.05) is 72.8 Å². The van der Waals surface area contributed by atoms with Crippen molar-refractivity contribution in [2.24, 2.45) is 0 Å². The van der Waals surface area contributed by atoms with Gasteiger partial charge in [0.15, 0.2) is 0 Å². The molecular formula is C29H21Cl2N5. The zero-order valence-electron chi connectivity index (χ0n) is 19.1. The summed E-state index contributed by atoms with van der Waals surface area (Å²) in [5.41, 5.74) is 6.31. The number of aromatic nitrogens is 3. The van der Waals surface area contributed by atoms with Crippen molar-refractivity contribution in [1.82, 2.24) is 15.0 Å². The van der Waals surface area contributed by atoms with Gasteiger partial charge in [0, 0.05) is 22.7 Å². The number of rotatable bonds is 7. The minimum atomic E-state index is 0.0405. The molecule has 0 unspecified atom stereocenters. The lowest BCUT2D eigenvalue weighted by molar-refractivity contribution is 1.05. The predicted molar refractivity (Wildman–Crippen MR) is 150 cm³/mol. The molecule has 1 heterocycles. The Hall–Kier alpha value is -4.19. The van der Waals surface area contributed by atoms with E-state index in [2.05, 4.69) is 110 Å². The van der Waals surface area contributed by atoms with Gasteiger partial charge in [-0.05, 0) is 82.9 Å². The number of hydrogen-bond acceptors (Lipinski definition) is 5. The van der Waals surface area contributed by atoms with Crippen LogP contribution < -0.4 is 10.2 Å². The molecule has 5 aromatic rings. The lowest BCUT2D eigenvalue weighted by Gasteiger charge is -2.25. The number of nitrogens with zero attached hydrogens (tertiary/aromatic N) is 4. The second kappa shape index (κ2) is 11.0. The zero-order chi connectivity index (χ0) is 24.7. The lowest BCUT2D eigenvalue weighted by atomic mass is 10.1. The summed E-state index contributed by atoms with van der Waals surface area (Å²) in [5, 5.41) is 3.15. The summed E-state index contributed by atoms with van der Waals surface area (Å²) in [6.07, 6.45) is 4.16. The van der Waals surface area contributed by atoms with Crippen molar-refractivity contribution in [3.05, 3.63) is 131 Å². The molecule has 0 aliphatic rings. The fraction of sp³-hybridized carbons (Fsp3) is 0. The van der Waals surface area contributed by atoms with Crippen LogP contribution in [-0.4, -0.2) is 15.0 Å². The number of benzene rings is 4. The van der Waals surface area contributed by atoms with Gasteiger partial charge in [0.25, 0.3) is 0 Å². The standard InChI is InChI=1S/C29H21Cl2N5/c30-27-33-28(31)35-29(34-27)32-23-17-13-21(14-18-23)11-12-22-15-19-26(20-16-22)36(24-7-3-1-4-8-24)25-9-5-2-6-10-25/h1-20H,(H,32,33,34,35)/b12-11+. The average molecular weight is 510 g/mol. The van der Waals surface area contributed by atoms with E-state index in [9.17, 15) is 0 Å². The monoisotopic (exact) mass is 509 g/mol. The Morgan fingerprint density at radius 1 is 0.528 bits per heavy atom. The van der Waals surface area contributed by atoms with Crippen molar-refractivity contribution in [2.45, 2.75) is 0 Å². The Morgan fingerprint density at radius 2 is 0.972 bits per heavy atom. The number of halogens is 2. The van der Waals surface area contributed by atoms with Crippen molar-refractivity contribution < 1.29 is 0 Å². The van der Waals surface area contributed by atoms with Crippen LogP contribution in [0.1, 0.15) is 11.1 Å². The van der Waals surface area contributed by atoms with E-state index in [1.807, 2.05) is 36.4 Å². The third kappa shape index (κ3) is 5.89. The maximum atomic E-state index is 5.83. The number of nitrogens with one attached hydrogen (secondary N) is 1. The number of para-hydroxylation sites is 2. The molecule has 0 atom stereocenters. The molecule has 5 nitrogen and oxygen atoms in total. The van der Waals surface area contributed by atoms with Crippen LogP contribution in [0.15, 0.2) is 109 Å². The van der Waals surface area contributed by atoms with Crippen LogP contribution in [0.25, 0.3) is 12.2 Å². The summed E-state index contributed by atoms with van der Waals surface area (Å²) < 4.78 is 0. The molecule has 5 rings (SSSR count). The van der Waals surface area contributed by atoms with E-state index in [1.54, 1.807) is 0 Å². The molecule has 0 amide bonds. The van der Waals surface area contributed by atoms with E-state index in [1.165, 1.54) is 0 Å². The normalized spacial score (nSPS) is 10.9. The second-order valence-electron chi connectivity index (χ2n) is 7.88. The Bertz CT molecular complexity index is 1400. The fourth-order valence-electron chi connectivity index (χ4n) is 3.72. The van der Waals surface area contributed by atoms with Crippen molar-refractivity contribution in [3.8, 4) is 0 Å². The first kappa shape index (κ1) is 23.5. The molecule has 0 fully saturated rings. The Morgan fingerprint density at radius 3 is 1.47 bits per heavy atom. The SMILES string of the molecule is Clc1nc(Cl)nc(Nc2ccc(/C=C/c3ccc(N(c4ccccc4)c4ccccc4)cc3)cc2)n1. The summed E-state index contributed by atoms with van der Waals surface area (Å²) >= 11 is 11.7. The van der Waals surface area contributed by atoms with Gasteiger partial charge in [-0.3, -0.25) is 0 Å². The molecule has 0 spiro atoms. The van der Waals surface area contributed by atoms with Gasteiger partial charge in [0.05, 0.1) is 0 Å². The van der Waals surface area contributed by atoms with Gasteiger partial charge in [0.1, 0.15) is 0 Å². The van der Waals surface area contributed by atoms with E-state index in [-0.39, 0.29) is 10.6 Å².